The van der Waals surface area contributed by atoms with Crippen LogP contribution in [0.5, 0.6) is 0 Å². The molecule has 7 heteroatoms. The van der Waals surface area contributed by atoms with E-state index in [0.717, 1.165) is 11.5 Å². The third kappa shape index (κ3) is 7.30. The molecule has 0 aliphatic rings. The monoisotopic (exact) mass is 468 g/mol. The number of carbonyl (C=O) groups is 1. The first kappa shape index (κ1) is 21.8. The summed E-state index contributed by atoms with van der Waals surface area (Å²) in [4.78, 5) is 17.8. The van der Waals surface area contributed by atoms with Gasteiger partial charge in [0.25, 0.3) is 0 Å². The van der Waals surface area contributed by atoms with Crippen molar-refractivity contribution in [2.45, 2.75) is 13.1 Å². The zero-order valence-corrected chi connectivity index (χ0v) is 17.6. The molecule has 6 nitrogen and oxygen atoms in total. The van der Waals surface area contributed by atoms with Crippen molar-refractivity contribution < 1.29 is 9.53 Å². The maximum absolute atomic E-state index is 11.2. The molecule has 2 rings (SSSR count). The van der Waals surface area contributed by atoms with E-state index in [1.165, 1.54) is 12.7 Å². The maximum atomic E-state index is 11.2. The predicted octanol–water partition coefficient (Wildman–Crippen LogP) is 3.69. The molecule has 0 bridgehead atoms. The number of amides is 1. The number of methoxy groups -OCH3 is 1. The van der Waals surface area contributed by atoms with E-state index in [9.17, 15) is 4.79 Å². The molecule has 0 atom stereocenters. The molecule has 0 heterocycles. The molecule has 0 spiro atoms. The fourth-order valence-electron chi connectivity index (χ4n) is 2.16. The minimum atomic E-state index is -0.478. The van der Waals surface area contributed by atoms with Crippen molar-refractivity contribution in [1.29, 1.82) is 0 Å². The molecule has 26 heavy (non-hydrogen) atoms. The van der Waals surface area contributed by atoms with E-state index in [2.05, 4.69) is 32.5 Å². The van der Waals surface area contributed by atoms with Crippen LogP contribution in [0.15, 0.2) is 59.6 Å². The van der Waals surface area contributed by atoms with Gasteiger partial charge in [-0.05, 0) is 23.3 Å². The standard InChI is InChI=1S/C19H24N4O2.HI/c1-23(2)18(20-13-15-7-5-4-6-8-15)21-14-16-9-11-17(12-10-16)22-19(24)25-3;/h4-12H,13-14H2,1-3H3,(H,20,21)(H,22,24);1H. The van der Waals surface area contributed by atoms with E-state index in [-0.39, 0.29) is 24.0 Å². The van der Waals surface area contributed by atoms with Gasteiger partial charge in [-0.1, -0.05) is 42.5 Å². The Balaban J connectivity index is 0.00000338. The van der Waals surface area contributed by atoms with Gasteiger partial charge in [0.2, 0.25) is 0 Å². The molecule has 0 unspecified atom stereocenters. The summed E-state index contributed by atoms with van der Waals surface area (Å²) in [6.07, 6.45) is -0.478. The van der Waals surface area contributed by atoms with Gasteiger partial charge in [-0.15, -0.1) is 24.0 Å². The Morgan fingerprint density at radius 2 is 1.69 bits per heavy atom. The Labute approximate surface area is 171 Å². The lowest BCUT2D eigenvalue weighted by molar-refractivity contribution is 0.187. The molecule has 2 aromatic carbocycles. The summed E-state index contributed by atoms with van der Waals surface area (Å²) in [5, 5.41) is 5.97. The summed E-state index contributed by atoms with van der Waals surface area (Å²) in [6.45, 7) is 1.27. The number of halogens is 1. The van der Waals surface area contributed by atoms with Crippen LogP contribution in [0.4, 0.5) is 10.5 Å². The van der Waals surface area contributed by atoms with Crippen LogP contribution in [-0.2, 0) is 17.8 Å². The first-order chi connectivity index (χ1) is 12.1. The number of ether oxygens (including phenoxy) is 1. The van der Waals surface area contributed by atoms with Crippen LogP contribution in [0.25, 0.3) is 0 Å². The second-order valence-electron chi connectivity index (χ2n) is 5.69. The van der Waals surface area contributed by atoms with Crippen molar-refractivity contribution in [1.82, 2.24) is 10.2 Å². The quantitative estimate of drug-likeness (QED) is 0.399. The second kappa shape index (κ2) is 11.3. The molecule has 2 aromatic rings. The summed E-state index contributed by atoms with van der Waals surface area (Å²) >= 11 is 0. The number of nitrogens with one attached hydrogen (secondary N) is 2. The van der Waals surface area contributed by atoms with Gasteiger partial charge in [-0.25, -0.2) is 9.79 Å². The number of benzene rings is 2. The van der Waals surface area contributed by atoms with Gasteiger partial charge in [0.05, 0.1) is 13.7 Å². The minimum Gasteiger partial charge on any atom is -0.453 e. The van der Waals surface area contributed by atoms with Gasteiger partial charge in [-0.3, -0.25) is 5.32 Å². The summed E-state index contributed by atoms with van der Waals surface area (Å²) in [7, 11) is 5.26. The number of hydrogen-bond donors (Lipinski definition) is 2. The Morgan fingerprint density at radius 1 is 1.04 bits per heavy atom. The third-order valence-corrected chi connectivity index (χ3v) is 3.51. The van der Waals surface area contributed by atoms with Gasteiger partial charge < -0.3 is 15.0 Å². The van der Waals surface area contributed by atoms with Crippen molar-refractivity contribution in [3.8, 4) is 0 Å². The van der Waals surface area contributed by atoms with Crippen LogP contribution in [-0.4, -0.2) is 38.2 Å². The highest BCUT2D eigenvalue weighted by molar-refractivity contribution is 14.0. The number of guanidine groups is 1. The Bertz CT molecular complexity index is 703. The molecule has 0 aliphatic carbocycles. The predicted molar refractivity (Wildman–Crippen MR) is 116 cm³/mol. The van der Waals surface area contributed by atoms with Crippen LogP contribution >= 0.6 is 24.0 Å². The first-order valence-corrected chi connectivity index (χ1v) is 8.02. The average Bonchev–Trinajstić information content (AvgIpc) is 2.63. The molecular weight excluding hydrogens is 443 g/mol. The largest absolute Gasteiger partial charge is 0.453 e. The van der Waals surface area contributed by atoms with Crippen LogP contribution < -0.4 is 10.6 Å². The molecular formula is C19H25IN4O2. The van der Waals surface area contributed by atoms with Gasteiger partial charge >= 0.3 is 6.09 Å². The fraction of sp³-hybridized carbons (Fsp3) is 0.263. The maximum Gasteiger partial charge on any atom is 0.411 e. The highest BCUT2D eigenvalue weighted by atomic mass is 127. The smallest absolute Gasteiger partial charge is 0.411 e. The fourth-order valence-corrected chi connectivity index (χ4v) is 2.16. The highest BCUT2D eigenvalue weighted by Crippen LogP contribution is 2.10. The Morgan fingerprint density at radius 3 is 2.27 bits per heavy atom. The molecule has 0 saturated heterocycles. The van der Waals surface area contributed by atoms with Crippen molar-refractivity contribution in [2.75, 3.05) is 26.5 Å². The number of anilines is 1. The van der Waals surface area contributed by atoms with Gasteiger partial charge in [-0.2, -0.15) is 0 Å². The Hall–Kier alpha value is -2.29. The average molecular weight is 468 g/mol. The molecule has 0 radical (unpaired) electrons. The zero-order chi connectivity index (χ0) is 18.1. The van der Waals surface area contributed by atoms with Crippen molar-refractivity contribution in [3.05, 3.63) is 65.7 Å². The van der Waals surface area contributed by atoms with Crippen LogP contribution in [0.1, 0.15) is 11.1 Å². The van der Waals surface area contributed by atoms with E-state index < -0.39 is 6.09 Å². The second-order valence-corrected chi connectivity index (χ2v) is 5.69. The molecule has 1 amide bonds. The summed E-state index contributed by atoms with van der Waals surface area (Å²) in [5.41, 5.74) is 2.95. The minimum absolute atomic E-state index is 0. The van der Waals surface area contributed by atoms with Crippen LogP contribution in [0, 0.1) is 0 Å². The molecule has 2 N–H and O–H groups in total. The van der Waals surface area contributed by atoms with E-state index >= 15 is 0 Å². The lowest BCUT2D eigenvalue weighted by Crippen LogP contribution is -2.36. The Kier molecular flexibility index (Phi) is 9.50. The van der Waals surface area contributed by atoms with Gasteiger partial charge in [0.15, 0.2) is 5.96 Å². The molecule has 0 aliphatic heterocycles. The number of rotatable bonds is 5. The van der Waals surface area contributed by atoms with Crippen molar-refractivity contribution >= 4 is 41.7 Å². The number of aliphatic imine (C=N–C) groups is 1. The van der Waals surface area contributed by atoms with Crippen molar-refractivity contribution in [2.24, 2.45) is 4.99 Å². The van der Waals surface area contributed by atoms with Crippen LogP contribution in [0.2, 0.25) is 0 Å². The third-order valence-electron chi connectivity index (χ3n) is 3.51. The lowest BCUT2D eigenvalue weighted by Gasteiger charge is -2.18. The normalized spacial score (nSPS) is 10.5. The first-order valence-electron chi connectivity index (χ1n) is 8.02. The number of carbonyl (C=O) groups excluding carboxylic acids is 1. The molecule has 140 valence electrons. The van der Waals surface area contributed by atoms with Crippen molar-refractivity contribution in [3.63, 3.8) is 0 Å². The van der Waals surface area contributed by atoms with Crippen LogP contribution in [0.3, 0.4) is 0 Å². The number of nitrogens with zero attached hydrogens (tertiary/aromatic N) is 2. The van der Waals surface area contributed by atoms with E-state index in [1.54, 1.807) is 0 Å². The summed E-state index contributed by atoms with van der Waals surface area (Å²) in [6, 6.07) is 17.7. The van der Waals surface area contributed by atoms with E-state index in [1.807, 2.05) is 61.5 Å². The highest BCUT2D eigenvalue weighted by Gasteiger charge is 2.03. The SMILES string of the molecule is COC(=O)Nc1ccc(CNC(=NCc2ccccc2)N(C)C)cc1.I. The molecule has 0 aromatic heterocycles. The van der Waals surface area contributed by atoms with E-state index in [0.29, 0.717) is 18.8 Å². The number of hydrogen-bond acceptors (Lipinski definition) is 3. The lowest BCUT2D eigenvalue weighted by atomic mass is 10.2. The molecule has 0 fully saturated rings. The van der Waals surface area contributed by atoms with E-state index in [4.69, 9.17) is 0 Å². The van der Waals surface area contributed by atoms with Gasteiger partial charge in [0.1, 0.15) is 0 Å². The zero-order valence-electron chi connectivity index (χ0n) is 15.2. The summed E-state index contributed by atoms with van der Waals surface area (Å²) < 4.78 is 4.57. The van der Waals surface area contributed by atoms with Gasteiger partial charge in [0, 0.05) is 26.3 Å². The molecule has 0 saturated carbocycles. The topological polar surface area (TPSA) is 66.0 Å². The summed E-state index contributed by atoms with van der Waals surface area (Å²) in [5.74, 6) is 0.820.